The summed E-state index contributed by atoms with van der Waals surface area (Å²) in [5.74, 6) is -0.0359. The van der Waals surface area contributed by atoms with Crippen molar-refractivity contribution in [2.75, 3.05) is 13.1 Å². The minimum Gasteiger partial charge on any atom is -0.351 e. The number of rotatable bonds is 6. The number of nitrogens with one attached hydrogen (secondary N) is 2. The van der Waals surface area contributed by atoms with Gasteiger partial charge in [-0.3, -0.25) is 4.79 Å². The van der Waals surface area contributed by atoms with Gasteiger partial charge in [0, 0.05) is 39.4 Å². The lowest BCUT2D eigenvalue weighted by atomic mass is 10.2. The van der Waals surface area contributed by atoms with Crippen LogP contribution < -0.4 is 10.6 Å². The van der Waals surface area contributed by atoms with Crippen molar-refractivity contribution in [1.82, 2.24) is 10.6 Å². The van der Waals surface area contributed by atoms with Crippen LogP contribution in [0.3, 0.4) is 0 Å². The van der Waals surface area contributed by atoms with Gasteiger partial charge in [0.15, 0.2) is 0 Å². The third-order valence-corrected chi connectivity index (χ3v) is 4.32. The fraction of sp³-hybridized carbons (Fsp3) is 0.267. The van der Waals surface area contributed by atoms with E-state index in [0.717, 1.165) is 17.6 Å². The number of halogens is 1. The predicted molar refractivity (Wildman–Crippen MR) is 87.2 cm³/mol. The summed E-state index contributed by atoms with van der Waals surface area (Å²) in [6.45, 7) is 4.34. The van der Waals surface area contributed by atoms with Crippen LogP contribution in [0, 0.1) is 6.92 Å². The Balaban J connectivity index is 1.65. The van der Waals surface area contributed by atoms with Gasteiger partial charge < -0.3 is 10.6 Å². The first-order valence-electron chi connectivity index (χ1n) is 6.45. The van der Waals surface area contributed by atoms with E-state index in [-0.39, 0.29) is 5.91 Å². The smallest absolute Gasteiger partial charge is 0.251 e. The van der Waals surface area contributed by atoms with Crippen molar-refractivity contribution in [3.05, 3.63) is 56.2 Å². The molecule has 0 radical (unpaired) electrons. The highest BCUT2D eigenvalue weighted by molar-refractivity contribution is 9.10. The first-order chi connectivity index (χ1) is 9.65. The number of aryl methyl sites for hydroxylation is 1. The van der Waals surface area contributed by atoms with E-state index in [9.17, 15) is 4.79 Å². The maximum Gasteiger partial charge on any atom is 0.251 e. The highest BCUT2D eigenvalue weighted by Crippen LogP contribution is 2.14. The van der Waals surface area contributed by atoms with Crippen molar-refractivity contribution in [3.63, 3.8) is 0 Å². The Morgan fingerprint density at radius 2 is 1.90 bits per heavy atom. The van der Waals surface area contributed by atoms with Crippen molar-refractivity contribution in [1.29, 1.82) is 0 Å². The van der Waals surface area contributed by atoms with Crippen molar-refractivity contribution in [2.24, 2.45) is 0 Å². The van der Waals surface area contributed by atoms with Gasteiger partial charge >= 0.3 is 0 Å². The summed E-state index contributed by atoms with van der Waals surface area (Å²) in [5.41, 5.74) is 0.682. The Kier molecular flexibility index (Phi) is 5.76. The summed E-state index contributed by atoms with van der Waals surface area (Å²) in [5, 5.41) is 6.22. The molecule has 0 aliphatic rings. The van der Waals surface area contributed by atoms with E-state index in [2.05, 4.69) is 45.6 Å². The molecule has 0 saturated carbocycles. The second-order valence-electron chi connectivity index (χ2n) is 4.45. The number of thiophene rings is 1. The minimum absolute atomic E-state index is 0.0359. The molecule has 0 bridgehead atoms. The molecule has 3 nitrogen and oxygen atoms in total. The molecular weight excluding hydrogens is 336 g/mol. The number of carbonyl (C=O) groups excluding carboxylic acids is 1. The Morgan fingerprint density at radius 1 is 1.15 bits per heavy atom. The molecule has 0 unspecified atom stereocenters. The van der Waals surface area contributed by atoms with Gasteiger partial charge in [-0.05, 0) is 43.3 Å². The minimum atomic E-state index is -0.0359. The quantitative estimate of drug-likeness (QED) is 0.782. The first kappa shape index (κ1) is 15.2. The molecule has 0 spiro atoms. The molecule has 5 heteroatoms. The van der Waals surface area contributed by atoms with Gasteiger partial charge in [-0.2, -0.15) is 0 Å². The molecule has 1 aromatic heterocycles. The summed E-state index contributed by atoms with van der Waals surface area (Å²) >= 11 is 5.15. The molecule has 2 N–H and O–H groups in total. The van der Waals surface area contributed by atoms with Gasteiger partial charge in [0.1, 0.15) is 0 Å². The molecule has 0 aliphatic heterocycles. The second kappa shape index (κ2) is 7.57. The third-order valence-electron chi connectivity index (χ3n) is 2.79. The number of amides is 1. The molecule has 2 rings (SSSR count). The molecule has 1 amide bonds. The van der Waals surface area contributed by atoms with Gasteiger partial charge in [0.2, 0.25) is 0 Å². The summed E-state index contributed by atoms with van der Waals surface area (Å²) in [4.78, 5) is 14.5. The average molecular weight is 353 g/mol. The maximum absolute atomic E-state index is 11.8. The molecule has 2 aromatic rings. The number of hydrogen-bond acceptors (Lipinski definition) is 3. The Bertz CT molecular complexity index is 566. The molecule has 0 saturated heterocycles. The molecular formula is C15H17BrN2OS. The van der Waals surface area contributed by atoms with Crippen LogP contribution >= 0.6 is 27.3 Å². The van der Waals surface area contributed by atoms with Crippen LogP contribution in [0.15, 0.2) is 40.9 Å². The van der Waals surface area contributed by atoms with Gasteiger partial charge in [0.25, 0.3) is 5.91 Å². The lowest BCUT2D eigenvalue weighted by Crippen LogP contribution is -2.31. The number of benzene rings is 1. The zero-order chi connectivity index (χ0) is 14.4. The second-order valence-corrected chi connectivity index (χ2v) is 6.74. The highest BCUT2D eigenvalue weighted by Gasteiger charge is 2.03. The average Bonchev–Trinajstić information content (AvgIpc) is 2.84. The van der Waals surface area contributed by atoms with Crippen molar-refractivity contribution < 1.29 is 4.79 Å². The zero-order valence-corrected chi connectivity index (χ0v) is 13.7. The highest BCUT2D eigenvalue weighted by atomic mass is 79.9. The van der Waals surface area contributed by atoms with E-state index in [1.807, 2.05) is 12.1 Å². The molecule has 1 aromatic carbocycles. The van der Waals surface area contributed by atoms with Crippen LogP contribution in [0.25, 0.3) is 0 Å². The fourth-order valence-corrected chi connectivity index (χ4v) is 2.88. The van der Waals surface area contributed by atoms with Gasteiger partial charge in [-0.15, -0.1) is 11.3 Å². The van der Waals surface area contributed by atoms with Crippen LogP contribution in [0.1, 0.15) is 20.1 Å². The fourth-order valence-electron chi connectivity index (χ4n) is 1.76. The van der Waals surface area contributed by atoms with Crippen LogP contribution in [0.4, 0.5) is 0 Å². The summed E-state index contributed by atoms with van der Waals surface area (Å²) in [6, 6.07) is 11.6. The van der Waals surface area contributed by atoms with E-state index >= 15 is 0 Å². The normalized spacial score (nSPS) is 10.5. The summed E-state index contributed by atoms with van der Waals surface area (Å²) in [7, 11) is 0. The summed E-state index contributed by atoms with van der Waals surface area (Å²) in [6.07, 6.45) is 0. The Morgan fingerprint density at radius 3 is 2.55 bits per heavy atom. The topological polar surface area (TPSA) is 41.1 Å². The van der Waals surface area contributed by atoms with Crippen LogP contribution in [-0.4, -0.2) is 19.0 Å². The van der Waals surface area contributed by atoms with Gasteiger partial charge in [-0.1, -0.05) is 15.9 Å². The lowest BCUT2D eigenvalue weighted by Gasteiger charge is -2.06. The molecule has 0 fully saturated rings. The SMILES string of the molecule is Cc1ccc(CNCCNC(=O)c2ccc(Br)cc2)s1. The van der Waals surface area contributed by atoms with Crippen LogP contribution in [-0.2, 0) is 6.54 Å². The standard InChI is InChI=1S/C15H17BrN2OS/c1-11-2-7-14(20-11)10-17-8-9-18-15(19)12-3-5-13(16)6-4-12/h2-7,17H,8-10H2,1H3,(H,18,19). The molecule has 20 heavy (non-hydrogen) atoms. The molecule has 0 aliphatic carbocycles. The maximum atomic E-state index is 11.8. The lowest BCUT2D eigenvalue weighted by molar-refractivity contribution is 0.0954. The van der Waals surface area contributed by atoms with Crippen LogP contribution in [0.5, 0.6) is 0 Å². The van der Waals surface area contributed by atoms with Crippen molar-refractivity contribution in [3.8, 4) is 0 Å². The van der Waals surface area contributed by atoms with E-state index in [4.69, 9.17) is 0 Å². The van der Waals surface area contributed by atoms with Gasteiger partial charge in [0.05, 0.1) is 0 Å². The molecule has 106 valence electrons. The first-order valence-corrected chi connectivity index (χ1v) is 8.06. The van der Waals surface area contributed by atoms with Crippen LogP contribution in [0.2, 0.25) is 0 Å². The Hall–Kier alpha value is -1.17. The molecule has 1 heterocycles. The number of carbonyl (C=O) groups is 1. The largest absolute Gasteiger partial charge is 0.351 e. The Labute approximate surface area is 131 Å². The predicted octanol–water partition coefficient (Wildman–Crippen LogP) is 3.34. The van der Waals surface area contributed by atoms with Crippen molar-refractivity contribution >= 4 is 33.2 Å². The van der Waals surface area contributed by atoms with Gasteiger partial charge in [-0.25, -0.2) is 0 Å². The van der Waals surface area contributed by atoms with E-state index in [1.54, 1.807) is 23.5 Å². The van der Waals surface area contributed by atoms with E-state index in [1.165, 1.54) is 9.75 Å². The summed E-state index contributed by atoms with van der Waals surface area (Å²) < 4.78 is 0.974. The van der Waals surface area contributed by atoms with E-state index < -0.39 is 0 Å². The number of hydrogen-bond donors (Lipinski definition) is 2. The van der Waals surface area contributed by atoms with Crippen molar-refractivity contribution in [2.45, 2.75) is 13.5 Å². The zero-order valence-electron chi connectivity index (χ0n) is 11.3. The monoisotopic (exact) mass is 352 g/mol. The van der Waals surface area contributed by atoms with E-state index in [0.29, 0.717) is 12.1 Å². The molecule has 0 atom stereocenters. The third kappa shape index (κ3) is 4.74.